The highest BCUT2D eigenvalue weighted by molar-refractivity contribution is 14.1. The van der Waals surface area contributed by atoms with Gasteiger partial charge in [-0.25, -0.2) is 13.2 Å². The van der Waals surface area contributed by atoms with Gasteiger partial charge in [0.15, 0.2) is 0 Å². The number of hydrogen-bond acceptors (Lipinski definition) is 1. The highest BCUT2D eigenvalue weighted by Gasteiger charge is 2.22. The van der Waals surface area contributed by atoms with Crippen LogP contribution in [0.15, 0.2) is 36.4 Å². The molecule has 0 spiro atoms. The van der Waals surface area contributed by atoms with Crippen molar-refractivity contribution in [3.8, 4) is 0 Å². The predicted octanol–water partition coefficient (Wildman–Crippen LogP) is 4.41. The molecule has 0 aliphatic carbocycles. The molecule has 1 unspecified atom stereocenters. The fourth-order valence-electron chi connectivity index (χ4n) is 2.08. The number of hydrogen-bond donors (Lipinski definition) is 1. The first-order valence-corrected chi connectivity index (χ1v) is 7.24. The molecule has 0 heterocycles. The van der Waals surface area contributed by atoms with E-state index in [1.54, 1.807) is 12.1 Å². The van der Waals surface area contributed by atoms with Gasteiger partial charge in [-0.1, -0.05) is 19.1 Å². The van der Waals surface area contributed by atoms with Crippen molar-refractivity contribution in [1.82, 2.24) is 5.32 Å². The van der Waals surface area contributed by atoms with Crippen LogP contribution in [0.3, 0.4) is 0 Å². The minimum Gasteiger partial charge on any atom is -0.306 e. The summed E-state index contributed by atoms with van der Waals surface area (Å²) in [6.45, 7) is 2.38. The van der Waals surface area contributed by atoms with Gasteiger partial charge in [-0.05, 0) is 46.8 Å². The summed E-state index contributed by atoms with van der Waals surface area (Å²) in [4.78, 5) is 0. The Bertz CT molecular complexity index is 576. The second kappa shape index (κ2) is 6.58. The maximum Gasteiger partial charge on any atom is 0.134 e. The van der Waals surface area contributed by atoms with Crippen LogP contribution in [0.4, 0.5) is 13.2 Å². The standard InChI is InChI=1S/C15H13F3IN/c1-2-20-15(9-3-5-11(19)6-4-9)14-12(17)7-10(16)8-13(14)18/h3-8,15,20H,2H2,1H3. The molecule has 2 rings (SSSR count). The van der Waals surface area contributed by atoms with Crippen LogP contribution in [0.5, 0.6) is 0 Å². The molecule has 0 aromatic heterocycles. The average molecular weight is 391 g/mol. The van der Waals surface area contributed by atoms with Crippen LogP contribution >= 0.6 is 22.6 Å². The molecule has 0 aliphatic rings. The molecular weight excluding hydrogens is 378 g/mol. The van der Waals surface area contributed by atoms with Gasteiger partial charge in [-0.15, -0.1) is 0 Å². The van der Waals surface area contributed by atoms with E-state index in [-0.39, 0.29) is 5.56 Å². The van der Waals surface area contributed by atoms with E-state index in [1.165, 1.54) is 0 Å². The van der Waals surface area contributed by atoms with E-state index in [2.05, 4.69) is 27.9 Å². The Morgan fingerprint density at radius 1 is 1.05 bits per heavy atom. The smallest absolute Gasteiger partial charge is 0.134 e. The molecule has 20 heavy (non-hydrogen) atoms. The van der Waals surface area contributed by atoms with E-state index in [1.807, 2.05) is 19.1 Å². The largest absolute Gasteiger partial charge is 0.306 e. The number of nitrogens with one attached hydrogen (secondary N) is 1. The summed E-state index contributed by atoms with van der Waals surface area (Å²) < 4.78 is 41.9. The van der Waals surface area contributed by atoms with Gasteiger partial charge in [-0.3, -0.25) is 0 Å². The van der Waals surface area contributed by atoms with Crippen LogP contribution in [-0.2, 0) is 0 Å². The zero-order valence-corrected chi connectivity index (χ0v) is 12.9. The van der Waals surface area contributed by atoms with Gasteiger partial charge in [0.25, 0.3) is 0 Å². The molecule has 0 bridgehead atoms. The van der Waals surface area contributed by atoms with Gasteiger partial charge in [-0.2, -0.15) is 0 Å². The van der Waals surface area contributed by atoms with Crippen molar-refractivity contribution in [2.45, 2.75) is 13.0 Å². The predicted molar refractivity (Wildman–Crippen MR) is 81.0 cm³/mol. The topological polar surface area (TPSA) is 12.0 Å². The van der Waals surface area contributed by atoms with Gasteiger partial charge in [0.1, 0.15) is 17.5 Å². The lowest BCUT2D eigenvalue weighted by Crippen LogP contribution is -2.24. The van der Waals surface area contributed by atoms with Gasteiger partial charge >= 0.3 is 0 Å². The quantitative estimate of drug-likeness (QED) is 0.762. The number of rotatable bonds is 4. The normalized spacial score (nSPS) is 12.4. The van der Waals surface area contributed by atoms with Gasteiger partial charge < -0.3 is 5.32 Å². The molecular formula is C15H13F3IN. The minimum atomic E-state index is -0.915. The molecule has 0 saturated carbocycles. The Morgan fingerprint density at radius 2 is 1.60 bits per heavy atom. The van der Waals surface area contributed by atoms with Crippen LogP contribution < -0.4 is 5.32 Å². The van der Waals surface area contributed by atoms with Gasteiger partial charge in [0.05, 0.1) is 6.04 Å². The van der Waals surface area contributed by atoms with E-state index >= 15 is 0 Å². The third-order valence-corrected chi connectivity index (χ3v) is 3.66. The summed E-state index contributed by atoms with van der Waals surface area (Å²) in [5, 5.41) is 3.03. The van der Waals surface area contributed by atoms with E-state index in [0.29, 0.717) is 18.7 Å². The first kappa shape index (κ1) is 15.3. The lowest BCUT2D eigenvalue weighted by atomic mass is 9.97. The Hall–Kier alpha value is -1.08. The van der Waals surface area contributed by atoms with Crippen LogP contribution in [0.1, 0.15) is 24.1 Å². The third-order valence-electron chi connectivity index (χ3n) is 2.94. The molecule has 0 radical (unpaired) electrons. The summed E-state index contributed by atoms with van der Waals surface area (Å²) >= 11 is 2.16. The first-order valence-electron chi connectivity index (χ1n) is 6.16. The second-order valence-electron chi connectivity index (χ2n) is 4.33. The Balaban J connectivity index is 2.51. The van der Waals surface area contributed by atoms with E-state index in [9.17, 15) is 13.2 Å². The lowest BCUT2D eigenvalue weighted by molar-refractivity contribution is 0.492. The molecule has 0 aliphatic heterocycles. The average Bonchev–Trinajstić information content (AvgIpc) is 2.37. The molecule has 0 fully saturated rings. The molecule has 5 heteroatoms. The number of benzene rings is 2. The Morgan fingerprint density at radius 3 is 2.10 bits per heavy atom. The van der Waals surface area contributed by atoms with Crippen molar-refractivity contribution in [3.63, 3.8) is 0 Å². The second-order valence-corrected chi connectivity index (χ2v) is 5.57. The Labute approximate surface area is 129 Å². The van der Waals surface area contributed by atoms with Gasteiger partial charge in [0, 0.05) is 21.3 Å². The summed E-state index contributed by atoms with van der Waals surface area (Å²) in [7, 11) is 0. The first-order chi connectivity index (χ1) is 9.52. The highest BCUT2D eigenvalue weighted by Crippen LogP contribution is 2.28. The maximum absolute atomic E-state index is 13.9. The molecule has 1 atom stereocenters. The molecule has 0 amide bonds. The highest BCUT2D eigenvalue weighted by atomic mass is 127. The molecule has 1 nitrogen and oxygen atoms in total. The van der Waals surface area contributed by atoms with Crippen LogP contribution in [-0.4, -0.2) is 6.54 Å². The molecule has 2 aromatic carbocycles. The van der Waals surface area contributed by atoms with Crippen LogP contribution in [0, 0.1) is 21.0 Å². The SMILES string of the molecule is CCNC(c1ccc(I)cc1)c1c(F)cc(F)cc1F. The fraction of sp³-hybridized carbons (Fsp3) is 0.200. The van der Waals surface area contributed by atoms with Crippen molar-refractivity contribution in [3.05, 3.63) is 68.5 Å². The summed E-state index contributed by atoms with van der Waals surface area (Å²) in [6.07, 6.45) is 0. The zero-order chi connectivity index (χ0) is 14.7. The van der Waals surface area contributed by atoms with Crippen molar-refractivity contribution in [2.75, 3.05) is 6.54 Å². The Kier molecular flexibility index (Phi) is 5.04. The van der Waals surface area contributed by atoms with E-state index in [4.69, 9.17) is 0 Å². The summed E-state index contributed by atoms with van der Waals surface area (Å²) in [5.74, 6) is -2.68. The summed E-state index contributed by atoms with van der Waals surface area (Å²) in [5.41, 5.74) is 0.575. The zero-order valence-electron chi connectivity index (χ0n) is 10.8. The van der Waals surface area contributed by atoms with E-state index < -0.39 is 23.5 Å². The minimum absolute atomic E-state index is 0.158. The molecule has 1 N–H and O–H groups in total. The maximum atomic E-state index is 13.9. The van der Waals surface area contributed by atoms with Crippen molar-refractivity contribution >= 4 is 22.6 Å². The van der Waals surface area contributed by atoms with E-state index in [0.717, 1.165) is 9.13 Å². The summed E-state index contributed by atoms with van der Waals surface area (Å²) in [6, 6.07) is 8.09. The lowest BCUT2D eigenvalue weighted by Gasteiger charge is -2.20. The molecule has 2 aromatic rings. The van der Waals surface area contributed by atoms with Crippen molar-refractivity contribution in [2.24, 2.45) is 0 Å². The number of halogens is 4. The van der Waals surface area contributed by atoms with Crippen LogP contribution in [0.2, 0.25) is 0 Å². The molecule has 0 saturated heterocycles. The van der Waals surface area contributed by atoms with Gasteiger partial charge in [0.2, 0.25) is 0 Å². The third kappa shape index (κ3) is 3.32. The van der Waals surface area contributed by atoms with Crippen molar-refractivity contribution in [1.29, 1.82) is 0 Å². The fourth-order valence-corrected chi connectivity index (χ4v) is 2.43. The van der Waals surface area contributed by atoms with Crippen molar-refractivity contribution < 1.29 is 13.2 Å². The van der Waals surface area contributed by atoms with Crippen LogP contribution in [0.25, 0.3) is 0 Å². The molecule has 106 valence electrons. The monoisotopic (exact) mass is 391 g/mol.